The van der Waals surface area contributed by atoms with Crippen LogP contribution in [-0.4, -0.2) is 28.5 Å². The van der Waals surface area contributed by atoms with E-state index in [1.807, 2.05) is 0 Å². The van der Waals surface area contributed by atoms with Gasteiger partial charge in [-0.1, -0.05) is 0 Å². The largest absolute Gasteiger partial charge is 0.493 e. The normalized spacial score (nSPS) is 11.0. The van der Waals surface area contributed by atoms with Crippen molar-refractivity contribution in [1.29, 1.82) is 0 Å². The summed E-state index contributed by atoms with van der Waals surface area (Å²) in [5.41, 5.74) is 0.365. The number of anilines is 1. The van der Waals surface area contributed by atoms with Crippen molar-refractivity contribution in [1.82, 2.24) is 5.32 Å². The third kappa shape index (κ3) is 4.39. The first-order valence-electron chi connectivity index (χ1n) is 6.93. The summed E-state index contributed by atoms with van der Waals surface area (Å²) in [5.74, 6) is 0.764. The molecule has 2 aromatic rings. The Labute approximate surface area is 144 Å². The number of ether oxygens (including phenoxy) is 2. The SMILES string of the molecule is COc1ccc(NS(=O)(=O)c2ccc(CNC(C)=O)s2)cc1OC. The van der Waals surface area contributed by atoms with Crippen LogP contribution in [0.4, 0.5) is 5.69 Å². The van der Waals surface area contributed by atoms with Crippen LogP contribution < -0.4 is 19.5 Å². The van der Waals surface area contributed by atoms with Crippen LogP contribution in [0.1, 0.15) is 11.8 Å². The summed E-state index contributed by atoms with van der Waals surface area (Å²) < 4.78 is 37.8. The molecule has 0 unspecified atom stereocenters. The fraction of sp³-hybridized carbons (Fsp3) is 0.267. The summed E-state index contributed by atoms with van der Waals surface area (Å²) in [6, 6.07) is 7.93. The lowest BCUT2D eigenvalue weighted by molar-refractivity contribution is -0.119. The number of amides is 1. The molecule has 1 amide bonds. The average Bonchev–Trinajstić information content (AvgIpc) is 3.02. The van der Waals surface area contributed by atoms with Crippen LogP contribution in [0, 0.1) is 0 Å². The van der Waals surface area contributed by atoms with Crippen LogP contribution in [0.5, 0.6) is 11.5 Å². The molecule has 0 radical (unpaired) electrons. The Kier molecular flexibility index (Phi) is 5.68. The maximum atomic E-state index is 12.4. The van der Waals surface area contributed by atoms with E-state index in [0.29, 0.717) is 23.7 Å². The number of nitrogens with one attached hydrogen (secondary N) is 2. The number of methoxy groups -OCH3 is 2. The first-order chi connectivity index (χ1) is 11.4. The molecule has 0 saturated carbocycles. The molecule has 0 saturated heterocycles. The van der Waals surface area contributed by atoms with Gasteiger partial charge in [-0.3, -0.25) is 9.52 Å². The van der Waals surface area contributed by atoms with Gasteiger partial charge in [0.2, 0.25) is 5.91 Å². The van der Waals surface area contributed by atoms with Crippen LogP contribution in [0.25, 0.3) is 0 Å². The zero-order chi connectivity index (χ0) is 17.7. The maximum absolute atomic E-state index is 12.4. The molecule has 24 heavy (non-hydrogen) atoms. The average molecular weight is 370 g/mol. The van der Waals surface area contributed by atoms with E-state index in [2.05, 4.69) is 10.0 Å². The number of hydrogen-bond acceptors (Lipinski definition) is 6. The molecule has 9 heteroatoms. The second kappa shape index (κ2) is 7.54. The number of hydrogen-bond donors (Lipinski definition) is 2. The minimum atomic E-state index is -3.72. The molecule has 0 aliphatic heterocycles. The molecule has 1 heterocycles. The van der Waals surface area contributed by atoms with Crippen molar-refractivity contribution < 1.29 is 22.7 Å². The van der Waals surface area contributed by atoms with E-state index in [4.69, 9.17) is 9.47 Å². The van der Waals surface area contributed by atoms with Gasteiger partial charge in [0.1, 0.15) is 4.21 Å². The van der Waals surface area contributed by atoms with Gasteiger partial charge in [0.15, 0.2) is 11.5 Å². The van der Waals surface area contributed by atoms with Crippen molar-refractivity contribution in [3.63, 3.8) is 0 Å². The predicted molar refractivity (Wildman–Crippen MR) is 92.2 cm³/mol. The smallest absolute Gasteiger partial charge is 0.271 e. The van der Waals surface area contributed by atoms with Gasteiger partial charge < -0.3 is 14.8 Å². The highest BCUT2D eigenvalue weighted by atomic mass is 32.2. The lowest BCUT2D eigenvalue weighted by Crippen LogP contribution is -2.18. The second-order valence-corrected chi connectivity index (χ2v) is 7.88. The Bertz CT molecular complexity index is 830. The molecule has 0 aliphatic rings. The predicted octanol–water partition coefficient (Wildman–Crippen LogP) is 2.20. The van der Waals surface area contributed by atoms with E-state index in [-0.39, 0.29) is 10.1 Å². The molecule has 7 nitrogen and oxygen atoms in total. The fourth-order valence-corrected chi connectivity index (χ4v) is 4.26. The van der Waals surface area contributed by atoms with Crippen molar-refractivity contribution in [3.05, 3.63) is 35.2 Å². The van der Waals surface area contributed by atoms with Crippen molar-refractivity contribution >= 4 is 33.0 Å². The topological polar surface area (TPSA) is 93.7 Å². The Hall–Kier alpha value is -2.26. The summed E-state index contributed by atoms with van der Waals surface area (Å²) in [7, 11) is -0.736. The third-order valence-electron chi connectivity index (χ3n) is 3.05. The van der Waals surface area contributed by atoms with Crippen LogP contribution in [0.2, 0.25) is 0 Å². The third-order valence-corrected chi connectivity index (χ3v) is 6.01. The van der Waals surface area contributed by atoms with E-state index in [9.17, 15) is 13.2 Å². The maximum Gasteiger partial charge on any atom is 0.271 e. The molecule has 0 fully saturated rings. The Balaban J connectivity index is 2.18. The first-order valence-corrected chi connectivity index (χ1v) is 9.23. The van der Waals surface area contributed by atoms with Crippen molar-refractivity contribution in [3.8, 4) is 11.5 Å². The zero-order valence-corrected chi connectivity index (χ0v) is 15.1. The van der Waals surface area contributed by atoms with Gasteiger partial charge in [0, 0.05) is 17.9 Å². The highest BCUT2D eigenvalue weighted by Crippen LogP contribution is 2.31. The molecule has 130 valence electrons. The second-order valence-electron chi connectivity index (χ2n) is 4.81. The van der Waals surface area contributed by atoms with Crippen LogP contribution in [0.15, 0.2) is 34.5 Å². The van der Waals surface area contributed by atoms with E-state index >= 15 is 0 Å². The summed E-state index contributed by atoms with van der Waals surface area (Å²) in [6.45, 7) is 1.70. The molecule has 1 aromatic heterocycles. The summed E-state index contributed by atoms with van der Waals surface area (Å²) >= 11 is 1.10. The molecule has 0 aliphatic carbocycles. The Morgan fingerprint density at radius 1 is 1.12 bits per heavy atom. The number of benzene rings is 1. The van der Waals surface area contributed by atoms with Gasteiger partial charge in [-0.25, -0.2) is 8.42 Å². The lowest BCUT2D eigenvalue weighted by Gasteiger charge is -2.11. The summed E-state index contributed by atoms with van der Waals surface area (Å²) in [4.78, 5) is 11.7. The highest BCUT2D eigenvalue weighted by Gasteiger charge is 2.18. The van der Waals surface area contributed by atoms with Crippen LogP contribution in [0.3, 0.4) is 0 Å². The highest BCUT2D eigenvalue weighted by molar-refractivity contribution is 7.94. The number of carbonyl (C=O) groups is 1. The van der Waals surface area contributed by atoms with Crippen molar-refractivity contribution in [2.75, 3.05) is 18.9 Å². The quantitative estimate of drug-likeness (QED) is 0.779. The van der Waals surface area contributed by atoms with Gasteiger partial charge >= 0.3 is 0 Å². The number of thiophene rings is 1. The molecular weight excluding hydrogens is 352 g/mol. The van der Waals surface area contributed by atoms with Crippen molar-refractivity contribution in [2.24, 2.45) is 0 Å². The molecular formula is C15H18N2O5S2. The van der Waals surface area contributed by atoms with Gasteiger partial charge in [-0.05, 0) is 24.3 Å². The van der Waals surface area contributed by atoms with Gasteiger partial charge in [0.25, 0.3) is 10.0 Å². The molecule has 0 spiro atoms. The van der Waals surface area contributed by atoms with Gasteiger partial charge in [-0.15, -0.1) is 11.3 Å². The monoisotopic (exact) mass is 370 g/mol. The molecule has 2 rings (SSSR count). The molecule has 0 atom stereocenters. The fourth-order valence-electron chi connectivity index (χ4n) is 1.91. The summed E-state index contributed by atoms with van der Waals surface area (Å²) in [5, 5.41) is 2.63. The number of sulfonamides is 1. The first kappa shape index (κ1) is 18.1. The van der Waals surface area contributed by atoms with Crippen LogP contribution in [-0.2, 0) is 21.4 Å². The van der Waals surface area contributed by atoms with E-state index in [1.165, 1.54) is 27.2 Å². The minimum absolute atomic E-state index is 0.164. The van der Waals surface area contributed by atoms with E-state index in [0.717, 1.165) is 16.2 Å². The van der Waals surface area contributed by atoms with E-state index < -0.39 is 10.0 Å². The zero-order valence-electron chi connectivity index (χ0n) is 13.5. The number of rotatable bonds is 7. The van der Waals surface area contributed by atoms with E-state index in [1.54, 1.807) is 24.3 Å². The van der Waals surface area contributed by atoms with Crippen LogP contribution >= 0.6 is 11.3 Å². The van der Waals surface area contributed by atoms with Crippen molar-refractivity contribution in [2.45, 2.75) is 17.7 Å². The Morgan fingerprint density at radius 3 is 2.46 bits per heavy atom. The van der Waals surface area contributed by atoms with Gasteiger partial charge in [0.05, 0.1) is 26.5 Å². The summed E-state index contributed by atoms with van der Waals surface area (Å²) in [6.07, 6.45) is 0. The molecule has 2 N–H and O–H groups in total. The molecule has 0 bridgehead atoms. The minimum Gasteiger partial charge on any atom is -0.493 e. The Morgan fingerprint density at radius 2 is 1.83 bits per heavy atom. The number of carbonyl (C=O) groups excluding carboxylic acids is 1. The standard InChI is InChI=1S/C15H18N2O5S2/c1-10(18)16-9-12-5-7-15(23-12)24(19,20)17-11-4-6-13(21-2)14(8-11)22-3/h4-8,17H,9H2,1-3H3,(H,16,18). The lowest BCUT2D eigenvalue weighted by atomic mass is 10.3. The van der Waals surface area contributed by atoms with Gasteiger partial charge in [-0.2, -0.15) is 0 Å². The molecule has 1 aromatic carbocycles.